The Morgan fingerprint density at radius 2 is 1.45 bits per heavy atom. The molecule has 0 aliphatic rings. The van der Waals surface area contributed by atoms with Gasteiger partial charge < -0.3 is 30.7 Å². The lowest BCUT2D eigenvalue weighted by molar-refractivity contribution is -0.141. The zero-order valence-corrected chi connectivity index (χ0v) is 19.5. The Hall–Kier alpha value is -3.63. The number of hydrogen-bond acceptors (Lipinski definition) is 7. The highest BCUT2D eigenvalue weighted by Crippen LogP contribution is 2.07. The summed E-state index contributed by atoms with van der Waals surface area (Å²) < 4.78 is 9.03. The van der Waals surface area contributed by atoms with Crippen molar-refractivity contribution in [1.29, 1.82) is 0 Å². The predicted molar refractivity (Wildman–Crippen MR) is 119 cm³/mol. The average Bonchev–Trinajstić information content (AvgIpc) is 2.80. The molecule has 1 aromatic rings. The lowest BCUT2D eigenvalue weighted by Crippen LogP contribution is -2.58. The first kappa shape index (κ1) is 27.4. The predicted octanol–water partition coefficient (Wildman–Crippen LogP) is -0.112. The molecule has 1 aromatic carbocycles. The van der Waals surface area contributed by atoms with Gasteiger partial charge >= 0.3 is 12.1 Å². The van der Waals surface area contributed by atoms with Crippen molar-refractivity contribution < 1.29 is 33.4 Å². The van der Waals surface area contributed by atoms with Crippen LogP contribution in [0.2, 0.25) is 0 Å². The van der Waals surface area contributed by atoms with E-state index in [1.54, 1.807) is 38.1 Å². The van der Waals surface area contributed by atoms with Crippen LogP contribution in [0.1, 0.15) is 26.3 Å². The molecule has 0 radical (unpaired) electrons. The van der Waals surface area contributed by atoms with Crippen molar-refractivity contribution in [2.75, 3.05) is 20.8 Å². The topological polar surface area (TPSA) is 152 Å². The van der Waals surface area contributed by atoms with E-state index in [0.29, 0.717) is 0 Å². The number of methoxy groups -OCH3 is 2. The van der Waals surface area contributed by atoms with Crippen LogP contribution >= 0.6 is 0 Å². The lowest BCUT2D eigenvalue weighted by atomic mass is 10.0. The van der Waals surface area contributed by atoms with Crippen LogP contribution in [0.3, 0.4) is 0 Å². The van der Waals surface area contributed by atoms with Gasteiger partial charge in [0.05, 0.1) is 14.2 Å². The maximum atomic E-state index is 13.0. The summed E-state index contributed by atoms with van der Waals surface area (Å²) in [6, 6.07) is 6.05. The van der Waals surface area contributed by atoms with Crippen LogP contribution in [-0.2, 0) is 35.1 Å². The van der Waals surface area contributed by atoms with E-state index in [2.05, 4.69) is 30.7 Å². The van der Waals surface area contributed by atoms with Crippen LogP contribution in [0.25, 0.3) is 0 Å². The summed E-state index contributed by atoms with van der Waals surface area (Å²) in [6.45, 7) is 4.58. The highest BCUT2D eigenvalue weighted by molar-refractivity contribution is 5.94. The summed E-state index contributed by atoms with van der Waals surface area (Å²) in [4.78, 5) is 60.8. The molecule has 0 spiro atoms. The van der Waals surface area contributed by atoms with Gasteiger partial charge in [-0.3, -0.25) is 19.2 Å². The lowest BCUT2D eigenvalue weighted by Gasteiger charge is -2.25. The first-order chi connectivity index (χ1) is 15.6. The number of hydrogen-bond donors (Lipinski definition) is 4. The maximum absolute atomic E-state index is 13.0. The summed E-state index contributed by atoms with van der Waals surface area (Å²) in [5.74, 6) is -2.68. The van der Waals surface area contributed by atoms with Crippen LogP contribution in [0.4, 0.5) is 4.79 Å². The average molecular weight is 465 g/mol. The van der Waals surface area contributed by atoms with E-state index in [0.717, 1.165) is 5.56 Å². The van der Waals surface area contributed by atoms with Gasteiger partial charge in [-0.1, -0.05) is 44.2 Å². The van der Waals surface area contributed by atoms with Crippen LogP contribution < -0.4 is 21.3 Å². The molecule has 0 unspecified atom stereocenters. The molecule has 3 atom stereocenters. The van der Waals surface area contributed by atoms with Gasteiger partial charge in [-0.15, -0.1) is 0 Å². The minimum Gasteiger partial charge on any atom is -0.468 e. The summed E-state index contributed by atoms with van der Waals surface area (Å²) in [5.41, 5.74) is 0.780. The number of carbonyl (C=O) groups excluding carboxylic acids is 5. The quantitative estimate of drug-likeness (QED) is 0.333. The van der Waals surface area contributed by atoms with Crippen molar-refractivity contribution in [3.8, 4) is 0 Å². The van der Waals surface area contributed by atoms with E-state index in [-0.39, 0.29) is 18.9 Å². The second kappa shape index (κ2) is 13.7. The highest BCUT2D eigenvalue weighted by Gasteiger charge is 2.30. The molecular weight excluding hydrogens is 432 g/mol. The molecule has 0 aliphatic heterocycles. The normalized spacial score (nSPS) is 13.2. The first-order valence-electron chi connectivity index (χ1n) is 10.4. The number of alkyl carbamates (subject to hydrolysis) is 1. The minimum atomic E-state index is -1.03. The Kier molecular flexibility index (Phi) is 11.4. The summed E-state index contributed by atoms with van der Waals surface area (Å²) in [5, 5.41) is 10.00. The van der Waals surface area contributed by atoms with Gasteiger partial charge in [-0.2, -0.15) is 0 Å². The molecule has 11 nitrogen and oxygen atoms in total. The number of rotatable bonds is 11. The molecule has 11 heteroatoms. The van der Waals surface area contributed by atoms with Crippen LogP contribution in [0.5, 0.6) is 0 Å². The molecule has 33 heavy (non-hydrogen) atoms. The molecule has 4 N–H and O–H groups in total. The standard InChI is InChI=1S/C22H32N4O7/c1-13(2)18(26-22(31)33-5)21(30)25-16(11-15-9-7-6-8-10-15)20(29)24-14(3)19(28)23-12-17(27)32-4/h6-10,13-14,16,18H,11-12H2,1-5H3,(H,23,28)(H,24,29)(H,25,30)(H,26,31)/t14-,16-,18-/m0/s1. The van der Waals surface area contributed by atoms with Crippen molar-refractivity contribution in [3.63, 3.8) is 0 Å². The molecule has 4 amide bonds. The fraction of sp³-hybridized carbons (Fsp3) is 0.500. The summed E-state index contributed by atoms with van der Waals surface area (Å²) in [7, 11) is 2.37. The van der Waals surface area contributed by atoms with E-state index in [1.165, 1.54) is 21.1 Å². The van der Waals surface area contributed by atoms with Gasteiger partial charge in [0.1, 0.15) is 24.7 Å². The monoisotopic (exact) mass is 464 g/mol. The Labute approximate surface area is 193 Å². The maximum Gasteiger partial charge on any atom is 0.407 e. The second-order valence-corrected chi connectivity index (χ2v) is 7.63. The third kappa shape index (κ3) is 9.58. The van der Waals surface area contributed by atoms with Gasteiger partial charge in [-0.05, 0) is 18.4 Å². The van der Waals surface area contributed by atoms with Gasteiger partial charge in [0.2, 0.25) is 17.7 Å². The number of ether oxygens (including phenoxy) is 2. The number of carbonyl (C=O) groups is 5. The molecule has 0 saturated carbocycles. The van der Waals surface area contributed by atoms with E-state index >= 15 is 0 Å². The minimum absolute atomic E-state index is 0.151. The van der Waals surface area contributed by atoms with E-state index in [4.69, 9.17) is 0 Å². The van der Waals surface area contributed by atoms with Gasteiger partial charge in [0, 0.05) is 6.42 Å². The number of benzene rings is 1. The van der Waals surface area contributed by atoms with Crippen molar-refractivity contribution in [3.05, 3.63) is 35.9 Å². The van der Waals surface area contributed by atoms with Crippen molar-refractivity contribution in [1.82, 2.24) is 21.3 Å². The first-order valence-corrected chi connectivity index (χ1v) is 10.4. The largest absolute Gasteiger partial charge is 0.468 e. The van der Waals surface area contributed by atoms with Gasteiger partial charge in [0.25, 0.3) is 0 Å². The van der Waals surface area contributed by atoms with Crippen LogP contribution in [0.15, 0.2) is 30.3 Å². The SMILES string of the molecule is COC(=O)CNC(=O)[C@H](C)NC(=O)[C@H](Cc1ccccc1)NC(=O)[C@@H](NC(=O)OC)C(C)C. The molecule has 0 bridgehead atoms. The molecule has 0 saturated heterocycles. The molecule has 0 aliphatic carbocycles. The zero-order chi connectivity index (χ0) is 25.0. The second-order valence-electron chi connectivity index (χ2n) is 7.63. The molecule has 0 heterocycles. The summed E-state index contributed by atoms with van der Waals surface area (Å²) >= 11 is 0. The van der Waals surface area contributed by atoms with Gasteiger partial charge in [0.15, 0.2) is 0 Å². The van der Waals surface area contributed by atoms with Crippen molar-refractivity contribution in [2.45, 2.75) is 45.3 Å². The fourth-order valence-electron chi connectivity index (χ4n) is 2.81. The Morgan fingerprint density at radius 3 is 2.00 bits per heavy atom. The van der Waals surface area contributed by atoms with Crippen molar-refractivity contribution in [2.24, 2.45) is 5.92 Å². The molecule has 0 aromatic heterocycles. The Morgan fingerprint density at radius 1 is 0.818 bits per heavy atom. The molecule has 0 fully saturated rings. The molecular formula is C22H32N4O7. The van der Waals surface area contributed by atoms with E-state index < -0.39 is 47.9 Å². The number of amides is 4. The third-order valence-electron chi connectivity index (χ3n) is 4.71. The van der Waals surface area contributed by atoms with E-state index in [1.807, 2.05) is 6.07 Å². The van der Waals surface area contributed by atoms with Crippen molar-refractivity contribution >= 4 is 29.8 Å². The number of esters is 1. The smallest absolute Gasteiger partial charge is 0.407 e. The number of nitrogens with one attached hydrogen (secondary N) is 4. The Balaban J connectivity index is 2.95. The molecule has 182 valence electrons. The summed E-state index contributed by atoms with van der Waals surface area (Å²) in [6.07, 6.45) is -0.624. The van der Waals surface area contributed by atoms with Crippen LogP contribution in [0, 0.1) is 5.92 Å². The fourth-order valence-corrected chi connectivity index (χ4v) is 2.81. The third-order valence-corrected chi connectivity index (χ3v) is 4.71. The van der Waals surface area contributed by atoms with E-state index in [9.17, 15) is 24.0 Å². The molecule has 1 rings (SSSR count). The zero-order valence-electron chi connectivity index (χ0n) is 19.5. The van der Waals surface area contributed by atoms with Gasteiger partial charge in [-0.25, -0.2) is 4.79 Å². The van der Waals surface area contributed by atoms with Crippen LogP contribution in [-0.4, -0.2) is 68.7 Å². The highest BCUT2D eigenvalue weighted by atomic mass is 16.5. The Bertz CT molecular complexity index is 829.